The predicted octanol–water partition coefficient (Wildman–Crippen LogP) is 0.609. The molecule has 2 aliphatic heterocycles. The summed E-state index contributed by atoms with van der Waals surface area (Å²) in [7, 11) is 0. The second-order valence-electron chi connectivity index (χ2n) is 6.29. The monoisotopic (exact) mass is 251 g/mol. The molecule has 5 nitrogen and oxygen atoms in total. The third kappa shape index (κ3) is 2.00. The fourth-order valence-corrected chi connectivity index (χ4v) is 3.31. The van der Waals surface area contributed by atoms with E-state index < -0.39 is 0 Å². The van der Waals surface area contributed by atoms with Crippen LogP contribution >= 0.6 is 0 Å². The molecule has 3 rings (SSSR count). The molecule has 1 aliphatic carbocycles. The lowest BCUT2D eigenvalue weighted by atomic mass is 9.69. The van der Waals surface area contributed by atoms with Gasteiger partial charge in [-0.05, 0) is 11.8 Å². The number of ketones is 1. The molecule has 1 N–H and O–H groups in total. The van der Waals surface area contributed by atoms with E-state index in [1.807, 2.05) is 0 Å². The van der Waals surface area contributed by atoms with Crippen molar-refractivity contribution in [1.82, 2.24) is 10.3 Å². The van der Waals surface area contributed by atoms with E-state index in [4.69, 9.17) is 4.74 Å². The lowest BCUT2D eigenvalue weighted by molar-refractivity contribution is -0.126. The van der Waals surface area contributed by atoms with Crippen LogP contribution in [0.25, 0.3) is 0 Å². The van der Waals surface area contributed by atoms with Crippen LogP contribution in [0.2, 0.25) is 0 Å². The zero-order valence-electron chi connectivity index (χ0n) is 11.1. The summed E-state index contributed by atoms with van der Waals surface area (Å²) >= 11 is 0. The Hall–Kier alpha value is -1.10. The van der Waals surface area contributed by atoms with E-state index in [2.05, 4.69) is 29.3 Å². The van der Waals surface area contributed by atoms with Crippen LogP contribution < -0.4 is 5.43 Å². The van der Waals surface area contributed by atoms with Crippen molar-refractivity contribution in [3.05, 3.63) is 0 Å². The van der Waals surface area contributed by atoms with Crippen molar-refractivity contribution in [2.24, 2.45) is 16.4 Å². The fourth-order valence-electron chi connectivity index (χ4n) is 3.31. The van der Waals surface area contributed by atoms with Crippen molar-refractivity contribution < 1.29 is 9.53 Å². The average molecular weight is 251 g/mol. The number of Topliss-reactive ketones (excluding diaryl/α,β-unsaturated/α-hetero) is 1. The summed E-state index contributed by atoms with van der Waals surface area (Å²) in [6.45, 7) is 7.48. The van der Waals surface area contributed by atoms with Gasteiger partial charge >= 0.3 is 0 Å². The largest absolute Gasteiger partial charge is 0.378 e. The van der Waals surface area contributed by atoms with E-state index in [0.717, 1.165) is 38.6 Å². The first-order valence-electron chi connectivity index (χ1n) is 6.75. The number of carbonyl (C=O) groups is 1. The minimum Gasteiger partial charge on any atom is -0.378 e. The SMILES string of the molecule is CC1(C)CC(=O)[C@@H]2C(N3CCOCC3)=NN[C@H]2C1. The van der Waals surface area contributed by atoms with Crippen molar-refractivity contribution in [2.45, 2.75) is 32.7 Å². The number of carbonyl (C=O) groups excluding carboxylic acids is 1. The third-order valence-electron chi connectivity index (χ3n) is 4.13. The zero-order valence-corrected chi connectivity index (χ0v) is 11.1. The fraction of sp³-hybridized carbons (Fsp3) is 0.846. The van der Waals surface area contributed by atoms with Gasteiger partial charge in [0.2, 0.25) is 0 Å². The summed E-state index contributed by atoms with van der Waals surface area (Å²) in [6.07, 6.45) is 1.68. The van der Waals surface area contributed by atoms with Gasteiger partial charge in [0, 0.05) is 19.5 Å². The number of nitrogens with zero attached hydrogens (tertiary/aromatic N) is 2. The number of hydrogen-bond acceptors (Lipinski definition) is 5. The van der Waals surface area contributed by atoms with E-state index >= 15 is 0 Å². The maximum atomic E-state index is 12.4. The number of morpholine rings is 1. The third-order valence-corrected chi connectivity index (χ3v) is 4.13. The average Bonchev–Trinajstić information content (AvgIpc) is 2.72. The molecule has 0 bridgehead atoms. The van der Waals surface area contributed by atoms with E-state index in [9.17, 15) is 4.79 Å². The van der Waals surface area contributed by atoms with Crippen LogP contribution in [0.1, 0.15) is 26.7 Å². The summed E-state index contributed by atoms with van der Waals surface area (Å²) in [5.74, 6) is 1.26. The van der Waals surface area contributed by atoms with Gasteiger partial charge in [0.15, 0.2) is 0 Å². The van der Waals surface area contributed by atoms with Crippen LogP contribution in [0.5, 0.6) is 0 Å². The van der Waals surface area contributed by atoms with Gasteiger partial charge < -0.3 is 15.1 Å². The number of amidine groups is 1. The minimum absolute atomic E-state index is 0.0314. The maximum Gasteiger partial charge on any atom is 0.146 e. The molecule has 100 valence electrons. The molecule has 2 fully saturated rings. The molecular formula is C13H21N3O2. The number of ether oxygens (including phenoxy) is 1. The minimum atomic E-state index is -0.0314. The molecule has 0 aromatic heterocycles. The smallest absolute Gasteiger partial charge is 0.146 e. The molecule has 2 heterocycles. The summed E-state index contributed by atoms with van der Waals surface area (Å²) in [5, 5.41) is 4.44. The first kappa shape index (κ1) is 12.0. The van der Waals surface area contributed by atoms with Crippen molar-refractivity contribution in [3.8, 4) is 0 Å². The summed E-state index contributed by atoms with van der Waals surface area (Å²) in [5.41, 5.74) is 3.28. The summed E-state index contributed by atoms with van der Waals surface area (Å²) in [4.78, 5) is 14.6. The molecule has 18 heavy (non-hydrogen) atoms. The predicted molar refractivity (Wildman–Crippen MR) is 68.3 cm³/mol. The molecule has 0 aromatic carbocycles. The maximum absolute atomic E-state index is 12.4. The van der Waals surface area contributed by atoms with Crippen molar-refractivity contribution in [3.63, 3.8) is 0 Å². The highest BCUT2D eigenvalue weighted by Gasteiger charge is 2.47. The first-order chi connectivity index (χ1) is 8.57. The van der Waals surface area contributed by atoms with Gasteiger partial charge in [0.25, 0.3) is 0 Å². The van der Waals surface area contributed by atoms with Crippen molar-refractivity contribution >= 4 is 11.6 Å². The lowest BCUT2D eigenvalue weighted by Gasteiger charge is -2.38. The summed E-state index contributed by atoms with van der Waals surface area (Å²) in [6, 6.07) is 0.194. The molecule has 0 amide bonds. The van der Waals surface area contributed by atoms with Crippen molar-refractivity contribution in [1.29, 1.82) is 0 Å². The zero-order chi connectivity index (χ0) is 12.8. The van der Waals surface area contributed by atoms with Gasteiger partial charge in [0.05, 0.1) is 25.2 Å². The van der Waals surface area contributed by atoms with Crippen LogP contribution in [-0.2, 0) is 9.53 Å². The van der Waals surface area contributed by atoms with Crippen molar-refractivity contribution in [2.75, 3.05) is 26.3 Å². The normalized spacial score (nSPS) is 34.9. The Kier molecular flexibility index (Phi) is 2.81. The van der Waals surface area contributed by atoms with E-state index in [1.165, 1.54) is 0 Å². The Morgan fingerprint density at radius 3 is 2.83 bits per heavy atom. The molecule has 0 aromatic rings. The van der Waals surface area contributed by atoms with Crippen LogP contribution in [0, 0.1) is 11.3 Å². The Morgan fingerprint density at radius 2 is 2.11 bits per heavy atom. The second-order valence-corrected chi connectivity index (χ2v) is 6.29. The highest BCUT2D eigenvalue weighted by atomic mass is 16.5. The van der Waals surface area contributed by atoms with Crippen LogP contribution in [0.3, 0.4) is 0 Å². The standard InChI is InChI=1S/C13H21N3O2/c1-13(2)7-9-11(10(17)8-13)12(15-14-9)16-3-5-18-6-4-16/h9,11,14H,3-8H2,1-2H3/t9-,11+/m0/s1. The topological polar surface area (TPSA) is 53.9 Å². The van der Waals surface area contributed by atoms with E-state index in [1.54, 1.807) is 0 Å². The number of hydrogen-bond donors (Lipinski definition) is 1. The lowest BCUT2D eigenvalue weighted by Crippen LogP contribution is -2.51. The molecule has 1 saturated carbocycles. The quantitative estimate of drug-likeness (QED) is 0.685. The van der Waals surface area contributed by atoms with E-state index in [-0.39, 0.29) is 17.4 Å². The van der Waals surface area contributed by atoms with Gasteiger partial charge in [-0.25, -0.2) is 0 Å². The van der Waals surface area contributed by atoms with Gasteiger partial charge in [0.1, 0.15) is 11.6 Å². The first-order valence-corrected chi connectivity index (χ1v) is 6.75. The van der Waals surface area contributed by atoms with Crippen LogP contribution in [0.15, 0.2) is 5.10 Å². The van der Waals surface area contributed by atoms with Gasteiger partial charge in [-0.1, -0.05) is 13.8 Å². The molecule has 2 atom stereocenters. The van der Waals surface area contributed by atoms with Gasteiger partial charge in [-0.15, -0.1) is 0 Å². The molecule has 3 aliphatic rings. The Labute approximate surface area is 108 Å². The molecule has 5 heteroatoms. The molecule has 0 spiro atoms. The second kappa shape index (κ2) is 4.23. The number of hydrazone groups is 1. The van der Waals surface area contributed by atoms with Gasteiger partial charge in [-0.2, -0.15) is 5.10 Å². The van der Waals surface area contributed by atoms with Gasteiger partial charge in [-0.3, -0.25) is 4.79 Å². The van der Waals surface area contributed by atoms with Crippen LogP contribution in [0.4, 0.5) is 0 Å². The highest BCUT2D eigenvalue weighted by molar-refractivity contribution is 6.06. The molecule has 1 saturated heterocycles. The molecular weight excluding hydrogens is 230 g/mol. The number of fused-ring (bicyclic) bond motifs is 1. The Bertz CT molecular complexity index is 386. The highest BCUT2D eigenvalue weighted by Crippen LogP contribution is 2.39. The summed E-state index contributed by atoms with van der Waals surface area (Å²) < 4.78 is 5.35. The molecule has 0 radical (unpaired) electrons. The van der Waals surface area contributed by atoms with Crippen LogP contribution in [-0.4, -0.2) is 48.9 Å². The Morgan fingerprint density at radius 1 is 1.39 bits per heavy atom. The Balaban J connectivity index is 1.77. The number of rotatable bonds is 0. The molecule has 0 unspecified atom stereocenters. The number of nitrogens with one attached hydrogen (secondary N) is 1. The van der Waals surface area contributed by atoms with E-state index in [0.29, 0.717) is 12.2 Å².